The number of nitroso groups, excluding NO2 is 1. The lowest BCUT2D eigenvalue weighted by Crippen LogP contribution is -2.56. The van der Waals surface area contributed by atoms with Crippen LogP contribution in [0, 0.1) is 40.8 Å². The maximum atomic E-state index is 14.3. The molecule has 3 aliphatic carbocycles. The van der Waals surface area contributed by atoms with Gasteiger partial charge in [-0.05, 0) is 89.7 Å². The molecule has 0 radical (unpaired) electrons. The molecule has 0 saturated heterocycles. The Balaban J connectivity index is 1.15. The number of aromatic nitrogens is 2. The lowest BCUT2D eigenvalue weighted by molar-refractivity contribution is -0.363. The zero-order chi connectivity index (χ0) is 30.7. The largest absolute Gasteiger partial charge is 0.334 e. The summed E-state index contributed by atoms with van der Waals surface area (Å²) in [6.07, 6.45) is 6.29. The van der Waals surface area contributed by atoms with Gasteiger partial charge in [0.05, 0.1) is 29.8 Å². The van der Waals surface area contributed by atoms with E-state index in [9.17, 15) is 14.1 Å². The quantitative estimate of drug-likeness (QED) is 0.233. The topological polar surface area (TPSA) is 95.0 Å². The van der Waals surface area contributed by atoms with Gasteiger partial charge in [-0.15, -0.1) is 0 Å². The molecule has 2 bridgehead atoms. The monoisotopic (exact) mass is 596 g/mol. The van der Waals surface area contributed by atoms with E-state index in [0.29, 0.717) is 77.8 Å². The summed E-state index contributed by atoms with van der Waals surface area (Å²) in [5.74, 6) is 2.27. The highest BCUT2D eigenvalue weighted by molar-refractivity contribution is 5.96. The van der Waals surface area contributed by atoms with Crippen LogP contribution in [0.25, 0.3) is 10.9 Å². The molecule has 228 valence electrons. The number of aliphatic imine (C=N–C) groups is 2. The number of halogens is 1. The Labute approximate surface area is 256 Å². The summed E-state index contributed by atoms with van der Waals surface area (Å²) in [6.45, 7) is 10.4. The van der Waals surface area contributed by atoms with Crippen molar-refractivity contribution in [3.05, 3.63) is 86.3 Å². The third kappa shape index (κ3) is 4.94. The van der Waals surface area contributed by atoms with E-state index in [1.807, 2.05) is 25.1 Å². The van der Waals surface area contributed by atoms with Gasteiger partial charge < -0.3 is 10.2 Å². The third-order valence-electron chi connectivity index (χ3n) is 10.7. The Bertz CT molecular complexity index is 1820. The number of guanidine groups is 1. The normalized spacial score (nSPS) is 25.8. The molecule has 8 rings (SSSR count). The molecule has 4 atom stereocenters. The van der Waals surface area contributed by atoms with Crippen LogP contribution in [-0.4, -0.2) is 50.6 Å². The van der Waals surface area contributed by atoms with Crippen molar-refractivity contribution in [3.63, 3.8) is 0 Å². The zero-order valence-corrected chi connectivity index (χ0v) is 25.8. The maximum Gasteiger partial charge on any atom is 0.331 e. The Kier molecular flexibility index (Phi) is 6.98. The number of anilines is 1. The van der Waals surface area contributed by atoms with Crippen molar-refractivity contribution in [1.82, 2.24) is 14.5 Å². The minimum Gasteiger partial charge on any atom is -0.334 e. The summed E-state index contributed by atoms with van der Waals surface area (Å²) in [4.78, 5) is 42.1. The van der Waals surface area contributed by atoms with Crippen LogP contribution in [0.5, 0.6) is 0 Å². The molecule has 2 aliphatic heterocycles. The van der Waals surface area contributed by atoms with Crippen molar-refractivity contribution in [2.45, 2.75) is 66.0 Å². The minimum absolute atomic E-state index is 0.159. The fraction of sp³-hybridized carbons (Fsp3) is 0.471. The van der Waals surface area contributed by atoms with Crippen molar-refractivity contribution < 1.29 is 9.15 Å². The first kappa shape index (κ1) is 28.6. The van der Waals surface area contributed by atoms with E-state index in [-0.39, 0.29) is 17.4 Å². The van der Waals surface area contributed by atoms with E-state index in [2.05, 4.69) is 41.0 Å². The summed E-state index contributed by atoms with van der Waals surface area (Å²) >= 11 is 0. The van der Waals surface area contributed by atoms with E-state index in [1.165, 1.54) is 29.7 Å². The molecule has 2 aromatic carbocycles. The van der Waals surface area contributed by atoms with E-state index in [4.69, 9.17) is 4.99 Å². The zero-order valence-electron chi connectivity index (χ0n) is 25.8. The van der Waals surface area contributed by atoms with Crippen molar-refractivity contribution in [2.75, 3.05) is 18.4 Å². The van der Waals surface area contributed by atoms with Gasteiger partial charge in [-0.2, -0.15) is 0 Å². The van der Waals surface area contributed by atoms with Crippen molar-refractivity contribution in [3.8, 4) is 0 Å². The molecule has 9 nitrogen and oxygen atoms in total. The molecule has 0 amide bonds. The summed E-state index contributed by atoms with van der Waals surface area (Å²) in [5, 5.41) is 4.05. The highest BCUT2D eigenvalue weighted by Crippen LogP contribution is 2.61. The van der Waals surface area contributed by atoms with E-state index in [0.717, 1.165) is 34.1 Å². The Hall–Kier alpha value is -4.21. The average Bonchev–Trinajstić information content (AvgIpc) is 3.37. The lowest BCUT2D eigenvalue weighted by Gasteiger charge is -2.61. The maximum absolute atomic E-state index is 14.3. The molecule has 5 aliphatic rings. The Morgan fingerprint density at radius 1 is 1.20 bits per heavy atom. The number of aryl methyl sites for hydroxylation is 3. The molecule has 3 aromatic rings. The molecule has 1 aromatic heterocycles. The molecular formula is C34H39FN7O2+. The molecule has 1 N–H and O–H groups in total. The van der Waals surface area contributed by atoms with Crippen LogP contribution >= 0.6 is 0 Å². The van der Waals surface area contributed by atoms with Crippen LogP contribution < -0.4 is 10.9 Å². The van der Waals surface area contributed by atoms with Gasteiger partial charge in [0.1, 0.15) is 5.82 Å². The second-order valence-electron chi connectivity index (χ2n) is 13.6. The van der Waals surface area contributed by atoms with Gasteiger partial charge in [-0.25, -0.2) is 14.4 Å². The van der Waals surface area contributed by atoms with Crippen LogP contribution in [0.2, 0.25) is 0 Å². The van der Waals surface area contributed by atoms with Crippen molar-refractivity contribution in [2.24, 2.45) is 33.2 Å². The van der Waals surface area contributed by atoms with Gasteiger partial charge in [0.25, 0.3) is 5.56 Å². The van der Waals surface area contributed by atoms with Gasteiger partial charge in [0.15, 0.2) is 5.96 Å². The van der Waals surface area contributed by atoms with Gasteiger partial charge >= 0.3 is 6.34 Å². The highest BCUT2D eigenvalue weighted by Gasteiger charge is 2.56. The first-order valence-electron chi connectivity index (χ1n) is 15.6. The second kappa shape index (κ2) is 10.7. The number of benzene rings is 2. The van der Waals surface area contributed by atoms with Crippen LogP contribution in [0.1, 0.15) is 51.2 Å². The van der Waals surface area contributed by atoms with E-state index >= 15 is 0 Å². The number of hydrogen-bond donors (Lipinski definition) is 1. The average molecular weight is 597 g/mol. The van der Waals surface area contributed by atoms with Gasteiger partial charge in [-0.3, -0.25) is 9.36 Å². The van der Waals surface area contributed by atoms with Crippen molar-refractivity contribution >= 4 is 28.9 Å². The smallest absolute Gasteiger partial charge is 0.331 e. The summed E-state index contributed by atoms with van der Waals surface area (Å²) in [6, 6.07) is 10.9. The molecule has 3 fully saturated rings. The molecule has 44 heavy (non-hydrogen) atoms. The standard InChI is InChI=1S/C34H38FN7O2/c1-20-5-6-22(27(35)13-20)9-11-41-18-36-30-16-24(7-8-25(30)32(41)43)38-33(40-12-10-28-31(17-40)42(44)19-37-28)39-29-15-23-14-26(21(29)2)34(23,3)4/h5-8,13,16,18-19,21,23,26,29H,9-12,14-15,17H2,1-4H3/p+1/t21-,23-,26+,29-/m0/s1. The predicted octanol–water partition coefficient (Wildman–Crippen LogP) is 5.66. The highest BCUT2D eigenvalue weighted by atomic mass is 19.1. The minimum atomic E-state index is -0.256. The first-order valence-corrected chi connectivity index (χ1v) is 15.6. The van der Waals surface area contributed by atoms with Gasteiger partial charge in [-0.1, -0.05) is 37.8 Å². The molecular weight excluding hydrogens is 557 g/mol. The number of nitrogens with one attached hydrogen (secondary N) is 1. The number of fused-ring (bicyclic) bond motifs is 3. The Morgan fingerprint density at radius 3 is 2.82 bits per heavy atom. The molecule has 10 heteroatoms. The molecule has 0 unspecified atom stereocenters. The second-order valence-corrected chi connectivity index (χ2v) is 13.6. The fourth-order valence-electron chi connectivity index (χ4n) is 7.71. The number of rotatable bonds is 5. The summed E-state index contributed by atoms with van der Waals surface area (Å²) in [5.41, 5.74) is 4.50. The molecule has 0 spiro atoms. The predicted molar refractivity (Wildman–Crippen MR) is 170 cm³/mol. The summed E-state index contributed by atoms with van der Waals surface area (Å²) in [7, 11) is 0. The molecule has 3 heterocycles. The molecule has 3 saturated carbocycles. The fourth-order valence-corrected chi connectivity index (χ4v) is 7.71. The van der Waals surface area contributed by atoms with Crippen LogP contribution in [0.15, 0.2) is 68.9 Å². The van der Waals surface area contributed by atoms with Gasteiger partial charge in [0, 0.05) is 30.0 Å². The number of nitrogens with zero attached hydrogens (tertiary/aromatic N) is 6. The van der Waals surface area contributed by atoms with Crippen LogP contribution in [-0.2, 0) is 13.0 Å². The van der Waals surface area contributed by atoms with E-state index in [1.54, 1.807) is 12.1 Å². The number of hydrogen-bond acceptors (Lipinski definition) is 5. The van der Waals surface area contributed by atoms with Crippen molar-refractivity contribution in [1.29, 1.82) is 0 Å². The van der Waals surface area contributed by atoms with Gasteiger partial charge in [0.2, 0.25) is 11.4 Å². The third-order valence-corrected chi connectivity index (χ3v) is 10.7. The first-order chi connectivity index (χ1) is 21.1. The SMILES string of the molecule is Cc1ccc(CCn2cnc3cc(NC(=N[C@H]4C[C@@H]5C[C@H]([C@@H]4C)C5(C)C)N4CCC5=C(C4)[N+](=O)C=N5)ccc3c2=O)c(F)c1. The lowest BCUT2D eigenvalue weighted by atomic mass is 9.45. The Morgan fingerprint density at radius 2 is 2.05 bits per heavy atom. The summed E-state index contributed by atoms with van der Waals surface area (Å²) < 4.78 is 16.7. The van der Waals surface area contributed by atoms with Crippen LogP contribution in [0.4, 0.5) is 10.1 Å². The van der Waals surface area contributed by atoms with Crippen LogP contribution in [0.3, 0.4) is 0 Å². The van der Waals surface area contributed by atoms with E-state index < -0.39 is 0 Å².